The Morgan fingerprint density at radius 2 is 1.83 bits per heavy atom. The van der Waals surface area contributed by atoms with E-state index in [0.717, 1.165) is 5.75 Å². The van der Waals surface area contributed by atoms with Crippen molar-refractivity contribution >= 4 is 0 Å². The van der Waals surface area contributed by atoms with Gasteiger partial charge in [0, 0.05) is 11.6 Å². The number of aryl methyl sites for hydroxylation is 1. The van der Waals surface area contributed by atoms with E-state index in [2.05, 4.69) is 25.1 Å². The lowest BCUT2D eigenvalue weighted by Crippen LogP contribution is -2.21. The minimum Gasteiger partial charge on any atom is -0.496 e. The molecule has 2 heteroatoms. The molecular formula is C16H25NO. The fourth-order valence-corrected chi connectivity index (χ4v) is 3.02. The number of ether oxygens (including phenoxy) is 1. The van der Waals surface area contributed by atoms with Crippen molar-refractivity contribution in [2.75, 3.05) is 7.11 Å². The van der Waals surface area contributed by atoms with Crippen molar-refractivity contribution in [3.63, 3.8) is 0 Å². The maximum atomic E-state index is 6.49. The Hall–Kier alpha value is -1.02. The Balaban J connectivity index is 2.18. The van der Waals surface area contributed by atoms with Crippen molar-refractivity contribution < 1.29 is 4.74 Å². The van der Waals surface area contributed by atoms with E-state index >= 15 is 0 Å². The van der Waals surface area contributed by atoms with E-state index in [1.54, 1.807) is 7.11 Å². The Bertz CT molecular complexity index is 381. The molecule has 0 saturated heterocycles. The highest BCUT2D eigenvalue weighted by atomic mass is 16.5. The highest BCUT2D eigenvalue weighted by Gasteiger charge is 2.23. The van der Waals surface area contributed by atoms with Gasteiger partial charge in [-0.2, -0.15) is 0 Å². The van der Waals surface area contributed by atoms with Gasteiger partial charge in [-0.25, -0.2) is 0 Å². The SMILES string of the molecule is COc1cc(C)ccc1C(N)C1CCCCCC1. The Labute approximate surface area is 111 Å². The van der Waals surface area contributed by atoms with Gasteiger partial charge >= 0.3 is 0 Å². The van der Waals surface area contributed by atoms with Gasteiger partial charge in [0.2, 0.25) is 0 Å². The molecule has 0 bridgehead atoms. The first-order valence-electron chi connectivity index (χ1n) is 7.12. The molecule has 1 fully saturated rings. The maximum Gasteiger partial charge on any atom is 0.123 e. The molecule has 2 N–H and O–H groups in total. The van der Waals surface area contributed by atoms with Crippen molar-refractivity contribution in [2.45, 2.75) is 51.5 Å². The average molecular weight is 247 g/mol. The minimum atomic E-state index is 0.124. The largest absolute Gasteiger partial charge is 0.496 e. The predicted molar refractivity (Wildman–Crippen MR) is 75.9 cm³/mol. The Morgan fingerprint density at radius 1 is 1.17 bits per heavy atom. The summed E-state index contributed by atoms with van der Waals surface area (Å²) in [5.74, 6) is 1.57. The fourth-order valence-electron chi connectivity index (χ4n) is 3.02. The van der Waals surface area contributed by atoms with Crippen LogP contribution in [0.25, 0.3) is 0 Å². The predicted octanol–water partition coefficient (Wildman–Crippen LogP) is 3.97. The molecule has 1 atom stereocenters. The molecule has 1 unspecified atom stereocenters. The summed E-state index contributed by atoms with van der Waals surface area (Å²) in [6.07, 6.45) is 7.91. The van der Waals surface area contributed by atoms with Gasteiger partial charge in [-0.3, -0.25) is 0 Å². The summed E-state index contributed by atoms with van der Waals surface area (Å²) in [6.45, 7) is 2.09. The molecule has 1 aromatic carbocycles. The van der Waals surface area contributed by atoms with Crippen molar-refractivity contribution in [3.05, 3.63) is 29.3 Å². The van der Waals surface area contributed by atoms with Crippen LogP contribution >= 0.6 is 0 Å². The van der Waals surface area contributed by atoms with Gasteiger partial charge in [0.25, 0.3) is 0 Å². The van der Waals surface area contributed by atoms with E-state index in [1.165, 1.54) is 49.7 Å². The molecule has 1 aromatic rings. The smallest absolute Gasteiger partial charge is 0.123 e. The van der Waals surface area contributed by atoms with Crippen LogP contribution < -0.4 is 10.5 Å². The number of hydrogen-bond donors (Lipinski definition) is 1. The van der Waals surface area contributed by atoms with E-state index in [4.69, 9.17) is 10.5 Å². The Kier molecular flexibility index (Phi) is 4.65. The molecule has 18 heavy (non-hydrogen) atoms. The second kappa shape index (κ2) is 6.24. The molecule has 0 aromatic heterocycles. The summed E-state index contributed by atoms with van der Waals surface area (Å²) in [5, 5.41) is 0. The van der Waals surface area contributed by atoms with Crippen LogP contribution in [0.4, 0.5) is 0 Å². The molecule has 1 saturated carbocycles. The fraction of sp³-hybridized carbons (Fsp3) is 0.625. The van der Waals surface area contributed by atoms with Gasteiger partial charge < -0.3 is 10.5 Å². The van der Waals surface area contributed by atoms with E-state index in [9.17, 15) is 0 Å². The third-order valence-electron chi connectivity index (χ3n) is 4.16. The van der Waals surface area contributed by atoms with Crippen LogP contribution in [0.3, 0.4) is 0 Å². The summed E-state index contributed by atoms with van der Waals surface area (Å²) in [7, 11) is 1.73. The molecule has 100 valence electrons. The third kappa shape index (κ3) is 3.05. The molecule has 1 aliphatic rings. The van der Waals surface area contributed by atoms with Crippen LogP contribution in [-0.2, 0) is 0 Å². The topological polar surface area (TPSA) is 35.2 Å². The lowest BCUT2D eigenvalue weighted by Gasteiger charge is -2.24. The van der Waals surface area contributed by atoms with E-state index in [-0.39, 0.29) is 6.04 Å². The highest BCUT2D eigenvalue weighted by molar-refractivity contribution is 5.39. The second-order valence-corrected chi connectivity index (χ2v) is 5.52. The van der Waals surface area contributed by atoms with Gasteiger partial charge in [0.1, 0.15) is 5.75 Å². The lowest BCUT2D eigenvalue weighted by atomic mass is 9.87. The van der Waals surface area contributed by atoms with Crippen LogP contribution in [-0.4, -0.2) is 7.11 Å². The summed E-state index contributed by atoms with van der Waals surface area (Å²) >= 11 is 0. The zero-order valence-electron chi connectivity index (χ0n) is 11.6. The standard InChI is InChI=1S/C16H25NO/c1-12-9-10-14(15(11-12)18-2)16(17)13-7-5-3-4-6-8-13/h9-11,13,16H,3-8,17H2,1-2H3. The number of hydrogen-bond acceptors (Lipinski definition) is 2. The van der Waals surface area contributed by atoms with Gasteiger partial charge in [-0.15, -0.1) is 0 Å². The normalized spacial score (nSPS) is 19.3. The zero-order chi connectivity index (χ0) is 13.0. The molecule has 0 spiro atoms. The number of rotatable bonds is 3. The van der Waals surface area contributed by atoms with Crippen molar-refractivity contribution in [2.24, 2.45) is 11.7 Å². The quantitative estimate of drug-likeness (QED) is 0.820. The number of benzene rings is 1. The van der Waals surface area contributed by atoms with Crippen LogP contribution in [0.5, 0.6) is 5.75 Å². The molecular weight excluding hydrogens is 222 g/mol. The molecule has 0 heterocycles. The monoisotopic (exact) mass is 247 g/mol. The van der Waals surface area contributed by atoms with Crippen LogP contribution in [0.15, 0.2) is 18.2 Å². The van der Waals surface area contributed by atoms with E-state index < -0.39 is 0 Å². The Morgan fingerprint density at radius 3 is 2.44 bits per heavy atom. The zero-order valence-corrected chi connectivity index (χ0v) is 11.6. The number of nitrogens with two attached hydrogens (primary N) is 1. The summed E-state index contributed by atoms with van der Waals surface area (Å²) in [6, 6.07) is 6.49. The summed E-state index contributed by atoms with van der Waals surface area (Å²) in [4.78, 5) is 0. The van der Waals surface area contributed by atoms with E-state index in [0.29, 0.717) is 5.92 Å². The molecule has 2 nitrogen and oxygen atoms in total. The van der Waals surface area contributed by atoms with E-state index in [1.807, 2.05) is 0 Å². The summed E-state index contributed by atoms with van der Waals surface area (Å²) < 4.78 is 5.49. The first-order chi connectivity index (χ1) is 8.72. The van der Waals surface area contributed by atoms with Gasteiger partial charge in [-0.05, 0) is 37.3 Å². The number of methoxy groups -OCH3 is 1. The molecule has 0 amide bonds. The first kappa shape index (κ1) is 13.4. The van der Waals surface area contributed by atoms with Crippen molar-refractivity contribution in [1.82, 2.24) is 0 Å². The third-order valence-corrected chi connectivity index (χ3v) is 4.16. The van der Waals surface area contributed by atoms with Crippen LogP contribution in [0, 0.1) is 12.8 Å². The second-order valence-electron chi connectivity index (χ2n) is 5.52. The summed E-state index contributed by atoms with van der Waals surface area (Å²) in [5.41, 5.74) is 8.89. The average Bonchev–Trinajstić information content (AvgIpc) is 2.66. The maximum absolute atomic E-state index is 6.49. The van der Waals surface area contributed by atoms with Gasteiger partial charge in [0.15, 0.2) is 0 Å². The lowest BCUT2D eigenvalue weighted by molar-refractivity contribution is 0.358. The van der Waals surface area contributed by atoms with Crippen molar-refractivity contribution in [1.29, 1.82) is 0 Å². The molecule has 0 radical (unpaired) electrons. The molecule has 2 rings (SSSR count). The van der Waals surface area contributed by atoms with Gasteiger partial charge in [0.05, 0.1) is 7.11 Å². The minimum absolute atomic E-state index is 0.124. The van der Waals surface area contributed by atoms with Crippen LogP contribution in [0.2, 0.25) is 0 Å². The van der Waals surface area contributed by atoms with Crippen LogP contribution in [0.1, 0.15) is 55.7 Å². The highest BCUT2D eigenvalue weighted by Crippen LogP contribution is 2.35. The molecule has 0 aliphatic heterocycles. The van der Waals surface area contributed by atoms with Crippen molar-refractivity contribution in [3.8, 4) is 5.75 Å². The first-order valence-corrected chi connectivity index (χ1v) is 7.12. The van der Waals surface area contributed by atoms with Gasteiger partial charge in [-0.1, -0.05) is 37.8 Å². The molecule has 1 aliphatic carbocycles.